The zero-order valence-corrected chi connectivity index (χ0v) is 11.4. The van der Waals surface area contributed by atoms with Crippen molar-refractivity contribution >= 4 is 51.4 Å². The number of halogens is 2. The summed E-state index contributed by atoms with van der Waals surface area (Å²) < 4.78 is 1.12. The van der Waals surface area contributed by atoms with Gasteiger partial charge in [0.2, 0.25) is 0 Å². The predicted molar refractivity (Wildman–Crippen MR) is 69.3 cm³/mol. The predicted octanol–water partition coefficient (Wildman–Crippen LogP) is 3.10. The number of alkyl halides is 1. The molecule has 1 aromatic rings. The maximum absolute atomic E-state index is 11.5. The lowest BCUT2D eigenvalue weighted by molar-refractivity contribution is 0.0953. The van der Waals surface area contributed by atoms with E-state index in [9.17, 15) is 4.79 Å². The second-order valence-electron chi connectivity index (χ2n) is 2.96. The highest BCUT2D eigenvalue weighted by molar-refractivity contribution is 14.1. The number of amides is 1. The van der Waals surface area contributed by atoms with Crippen molar-refractivity contribution in [1.82, 2.24) is 5.32 Å². The summed E-state index contributed by atoms with van der Waals surface area (Å²) in [5.74, 6) is -0.0125. The summed E-state index contributed by atoms with van der Waals surface area (Å²) in [5, 5.41) is 4.80. The van der Waals surface area contributed by atoms with E-state index >= 15 is 0 Å². The molecule has 78 valence electrons. The van der Waals surface area contributed by atoms with Crippen molar-refractivity contribution in [2.75, 3.05) is 6.54 Å². The van der Waals surface area contributed by atoms with Crippen LogP contribution in [-0.4, -0.2) is 17.8 Å². The van der Waals surface area contributed by atoms with E-state index in [4.69, 9.17) is 11.6 Å². The Labute approximate surface area is 106 Å². The van der Waals surface area contributed by atoms with Gasteiger partial charge in [-0.3, -0.25) is 4.79 Å². The number of rotatable bonds is 4. The SMILES string of the molecule is CC(Cl)CCNC(=O)c1csc(I)c1. The lowest BCUT2D eigenvalue weighted by atomic mass is 10.3. The molecule has 0 fully saturated rings. The molecule has 0 saturated carbocycles. The number of nitrogens with one attached hydrogen (secondary N) is 1. The van der Waals surface area contributed by atoms with Crippen LogP contribution in [0.5, 0.6) is 0 Å². The van der Waals surface area contributed by atoms with E-state index in [-0.39, 0.29) is 11.3 Å². The van der Waals surface area contributed by atoms with Crippen molar-refractivity contribution in [3.63, 3.8) is 0 Å². The first-order chi connectivity index (χ1) is 6.59. The van der Waals surface area contributed by atoms with Crippen LogP contribution in [0.4, 0.5) is 0 Å². The normalized spacial score (nSPS) is 12.5. The highest BCUT2D eigenvalue weighted by Gasteiger charge is 2.07. The minimum Gasteiger partial charge on any atom is -0.352 e. The Kier molecular flexibility index (Phi) is 5.19. The summed E-state index contributed by atoms with van der Waals surface area (Å²) in [6.07, 6.45) is 0.800. The van der Waals surface area contributed by atoms with Crippen LogP contribution >= 0.6 is 45.5 Å². The molecule has 0 aliphatic heterocycles. The maximum atomic E-state index is 11.5. The molecule has 2 nitrogen and oxygen atoms in total. The molecule has 1 rings (SSSR count). The first-order valence-corrected chi connectivity index (χ1v) is 6.65. The lowest BCUT2D eigenvalue weighted by Gasteiger charge is -2.04. The molecule has 0 radical (unpaired) electrons. The van der Waals surface area contributed by atoms with E-state index < -0.39 is 0 Å². The van der Waals surface area contributed by atoms with Gasteiger partial charge >= 0.3 is 0 Å². The minimum atomic E-state index is -0.0125. The van der Waals surface area contributed by atoms with E-state index in [1.54, 1.807) is 11.3 Å². The van der Waals surface area contributed by atoms with Crippen LogP contribution in [-0.2, 0) is 0 Å². The molecule has 0 aromatic carbocycles. The van der Waals surface area contributed by atoms with E-state index in [1.165, 1.54) is 0 Å². The highest BCUT2D eigenvalue weighted by atomic mass is 127. The van der Waals surface area contributed by atoms with Crippen LogP contribution in [0.1, 0.15) is 23.7 Å². The molecule has 14 heavy (non-hydrogen) atoms. The van der Waals surface area contributed by atoms with Crippen LogP contribution in [0.3, 0.4) is 0 Å². The van der Waals surface area contributed by atoms with E-state index in [2.05, 4.69) is 27.9 Å². The van der Waals surface area contributed by atoms with Gasteiger partial charge in [-0.25, -0.2) is 0 Å². The average Bonchev–Trinajstić information content (AvgIpc) is 2.51. The van der Waals surface area contributed by atoms with Crippen molar-refractivity contribution in [3.8, 4) is 0 Å². The second-order valence-corrected chi connectivity index (χ2v) is 6.52. The Morgan fingerprint density at radius 1 is 1.79 bits per heavy atom. The van der Waals surface area contributed by atoms with Crippen LogP contribution in [0, 0.1) is 2.88 Å². The summed E-state index contributed by atoms with van der Waals surface area (Å²) in [4.78, 5) is 11.5. The largest absolute Gasteiger partial charge is 0.352 e. The maximum Gasteiger partial charge on any atom is 0.252 e. The molecule has 1 heterocycles. The number of hydrogen-bond donors (Lipinski definition) is 1. The summed E-state index contributed by atoms with van der Waals surface area (Å²) in [6, 6.07) is 1.88. The second kappa shape index (κ2) is 5.92. The molecular weight excluding hydrogens is 333 g/mol. The quantitative estimate of drug-likeness (QED) is 0.660. The first-order valence-electron chi connectivity index (χ1n) is 4.26. The molecule has 0 aliphatic carbocycles. The topological polar surface area (TPSA) is 29.1 Å². The zero-order valence-electron chi connectivity index (χ0n) is 7.72. The lowest BCUT2D eigenvalue weighted by Crippen LogP contribution is -2.25. The molecule has 1 N–H and O–H groups in total. The Morgan fingerprint density at radius 2 is 2.50 bits per heavy atom. The monoisotopic (exact) mass is 343 g/mol. The average molecular weight is 344 g/mol. The molecule has 1 atom stereocenters. The first kappa shape index (κ1) is 12.3. The van der Waals surface area contributed by atoms with Crippen LogP contribution in [0.25, 0.3) is 0 Å². The molecular formula is C9H11ClINOS. The van der Waals surface area contributed by atoms with E-state index in [1.807, 2.05) is 18.4 Å². The molecule has 0 spiro atoms. The van der Waals surface area contributed by atoms with Gasteiger partial charge in [0.05, 0.1) is 8.45 Å². The van der Waals surface area contributed by atoms with Gasteiger partial charge in [-0.1, -0.05) is 0 Å². The number of thiophene rings is 1. The molecule has 1 unspecified atom stereocenters. The smallest absolute Gasteiger partial charge is 0.252 e. The van der Waals surface area contributed by atoms with Gasteiger partial charge in [0.1, 0.15) is 0 Å². The highest BCUT2D eigenvalue weighted by Crippen LogP contribution is 2.16. The Hall–Kier alpha value is 0.190. The van der Waals surface area contributed by atoms with E-state index in [0.717, 1.165) is 14.9 Å². The Bertz CT molecular complexity index is 314. The summed E-state index contributed by atoms with van der Waals surface area (Å²) >= 11 is 9.53. The Morgan fingerprint density at radius 3 is 3.00 bits per heavy atom. The van der Waals surface area contributed by atoms with Crippen LogP contribution in [0.15, 0.2) is 11.4 Å². The summed E-state index contributed by atoms with van der Waals surface area (Å²) in [6.45, 7) is 2.55. The molecule has 0 saturated heterocycles. The van der Waals surface area contributed by atoms with Gasteiger partial charge in [0.15, 0.2) is 0 Å². The minimum absolute atomic E-state index is 0.0125. The van der Waals surface area contributed by atoms with Gasteiger partial charge in [0.25, 0.3) is 5.91 Å². The molecule has 0 bridgehead atoms. The number of hydrogen-bond acceptors (Lipinski definition) is 2. The van der Waals surface area contributed by atoms with Crippen LogP contribution in [0.2, 0.25) is 0 Å². The van der Waals surface area contributed by atoms with Crippen molar-refractivity contribution < 1.29 is 4.79 Å². The fourth-order valence-corrected chi connectivity index (χ4v) is 2.35. The molecule has 1 amide bonds. The van der Waals surface area contributed by atoms with Crippen molar-refractivity contribution in [2.45, 2.75) is 18.7 Å². The zero-order chi connectivity index (χ0) is 10.6. The van der Waals surface area contributed by atoms with E-state index in [0.29, 0.717) is 6.54 Å². The molecule has 5 heteroatoms. The summed E-state index contributed by atoms with van der Waals surface area (Å²) in [7, 11) is 0. The third-order valence-electron chi connectivity index (χ3n) is 1.66. The van der Waals surface area contributed by atoms with Gasteiger partial charge in [-0.15, -0.1) is 22.9 Å². The van der Waals surface area contributed by atoms with Crippen LogP contribution < -0.4 is 5.32 Å². The summed E-state index contributed by atoms with van der Waals surface area (Å²) in [5.41, 5.74) is 0.738. The third-order valence-corrected chi connectivity index (χ3v) is 3.66. The number of carbonyl (C=O) groups is 1. The number of carbonyl (C=O) groups excluding carboxylic acids is 1. The Balaban J connectivity index is 2.36. The third kappa shape index (κ3) is 4.14. The van der Waals surface area contributed by atoms with Gasteiger partial charge < -0.3 is 5.32 Å². The van der Waals surface area contributed by atoms with Gasteiger partial charge in [0, 0.05) is 17.3 Å². The van der Waals surface area contributed by atoms with Gasteiger partial charge in [-0.2, -0.15) is 0 Å². The van der Waals surface area contributed by atoms with Gasteiger partial charge in [-0.05, 0) is 42.0 Å². The van der Waals surface area contributed by atoms with Crippen molar-refractivity contribution in [2.24, 2.45) is 0 Å². The standard InChI is InChI=1S/C9H11ClINOS/c1-6(10)2-3-12-9(13)7-4-8(11)14-5-7/h4-6H,2-3H2,1H3,(H,12,13). The van der Waals surface area contributed by atoms with Crippen molar-refractivity contribution in [3.05, 3.63) is 19.9 Å². The molecule has 1 aromatic heterocycles. The fraction of sp³-hybridized carbons (Fsp3) is 0.444. The van der Waals surface area contributed by atoms with Crippen molar-refractivity contribution in [1.29, 1.82) is 0 Å². The molecule has 0 aliphatic rings. The fourth-order valence-electron chi connectivity index (χ4n) is 0.916.